The van der Waals surface area contributed by atoms with Gasteiger partial charge in [0, 0.05) is 28.8 Å². The number of aliphatic hydroxyl groups is 1. The van der Waals surface area contributed by atoms with Crippen molar-refractivity contribution in [3.63, 3.8) is 0 Å². The summed E-state index contributed by atoms with van der Waals surface area (Å²) in [5.41, 5.74) is 1.58. The molecule has 2 nitrogen and oxygen atoms in total. The van der Waals surface area contributed by atoms with Gasteiger partial charge in [-0.05, 0) is 30.3 Å². The van der Waals surface area contributed by atoms with Crippen LogP contribution in [0.3, 0.4) is 0 Å². The smallest absolute Gasteiger partial charge is 0.111 e. The Hall–Kier alpha value is -1.00. The molecule has 2 atom stereocenters. The number of benzene rings is 2. The number of likely N-dealkylation sites (N-methyl/N-ethyl adjacent to an activating group) is 1. The Morgan fingerprint density at radius 1 is 1.10 bits per heavy atom. The average molecular weight is 320 g/mol. The molecule has 21 heavy (non-hydrogen) atoms. The molecule has 0 unspecified atom stereocenters. The molecule has 0 saturated carbocycles. The lowest BCUT2D eigenvalue weighted by molar-refractivity contribution is 0.0306. The van der Waals surface area contributed by atoms with Gasteiger partial charge in [0.1, 0.15) is 5.60 Å². The standard InChI is InChI=1S/C17H17NOS.ClH/c1-18-10-14-12-6-2-4-8-15(12)20-16-9-5-3-7-13(16)17(14,19)11-18;/h2-9,14,19H,10-11H2,1H3;1H/t14-,17-;/m0./s1. The van der Waals surface area contributed by atoms with E-state index >= 15 is 0 Å². The second-order valence-corrected chi connectivity index (χ2v) is 6.89. The van der Waals surface area contributed by atoms with Crippen molar-refractivity contribution in [1.82, 2.24) is 4.90 Å². The van der Waals surface area contributed by atoms with E-state index in [2.05, 4.69) is 54.4 Å². The highest BCUT2D eigenvalue weighted by Crippen LogP contribution is 2.52. The van der Waals surface area contributed by atoms with Gasteiger partial charge in [-0.15, -0.1) is 12.4 Å². The van der Waals surface area contributed by atoms with Crippen molar-refractivity contribution in [2.45, 2.75) is 21.3 Å². The third-order valence-corrected chi connectivity index (χ3v) is 5.62. The fourth-order valence-corrected chi connectivity index (χ4v) is 4.78. The number of rotatable bonds is 0. The first kappa shape index (κ1) is 14.9. The highest BCUT2D eigenvalue weighted by molar-refractivity contribution is 7.99. The Balaban J connectivity index is 0.00000132. The number of hydrogen-bond donors (Lipinski definition) is 1. The summed E-state index contributed by atoms with van der Waals surface area (Å²) in [6, 6.07) is 16.8. The molecule has 0 bridgehead atoms. The molecule has 2 aromatic carbocycles. The van der Waals surface area contributed by atoms with E-state index in [1.54, 1.807) is 11.8 Å². The van der Waals surface area contributed by atoms with Crippen LogP contribution in [0.5, 0.6) is 0 Å². The van der Waals surface area contributed by atoms with Crippen LogP contribution in [-0.4, -0.2) is 30.1 Å². The summed E-state index contributed by atoms with van der Waals surface area (Å²) in [6.07, 6.45) is 0. The topological polar surface area (TPSA) is 23.5 Å². The first-order chi connectivity index (χ1) is 9.68. The maximum absolute atomic E-state index is 11.4. The van der Waals surface area contributed by atoms with Gasteiger partial charge in [-0.25, -0.2) is 0 Å². The molecule has 1 N–H and O–H groups in total. The predicted octanol–water partition coefficient (Wildman–Crippen LogP) is 3.49. The van der Waals surface area contributed by atoms with Crippen LogP contribution in [0, 0.1) is 0 Å². The largest absolute Gasteiger partial charge is 0.383 e. The summed E-state index contributed by atoms with van der Waals surface area (Å²) in [4.78, 5) is 4.69. The van der Waals surface area contributed by atoms with Crippen LogP contribution in [0.25, 0.3) is 0 Å². The van der Waals surface area contributed by atoms with Crippen molar-refractivity contribution < 1.29 is 5.11 Å². The molecule has 1 fully saturated rings. The molecular weight excluding hydrogens is 302 g/mol. The Kier molecular flexibility index (Phi) is 3.78. The van der Waals surface area contributed by atoms with E-state index in [1.165, 1.54) is 15.4 Å². The summed E-state index contributed by atoms with van der Waals surface area (Å²) in [5, 5.41) is 11.4. The molecule has 2 aromatic rings. The van der Waals surface area contributed by atoms with E-state index in [-0.39, 0.29) is 18.3 Å². The molecular formula is C17H18ClNOS. The molecule has 0 radical (unpaired) electrons. The first-order valence-electron chi connectivity index (χ1n) is 6.96. The Bertz CT molecular complexity index is 677. The van der Waals surface area contributed by atoms with E-state index in [0.717, 1.165) is 12.1 Å². The highest BCUT2D eigenvalue weighted by Gasteiger charge is 2.49. The predicted molar refractivity (Wildman–Crippen MR) is 88.4 cm³/mol. The molecule has 2 aliphatic rings. The van der Waals surface area contributed by atoms with Crippen LogP contribution < -0.4 is 0 Å². The minimum atomic E-state index is -0.773. The fourth-order valence-electron chi connectivity index (χ4n) is 3.57. The maximum atomic E-state index is 11.4. The lowest BCUT2D eigenvalue weighted by Gasteiger charge is -2.29. The van der Waals surface area contributed by atoms with Crippen molar-refractivity contribution in [3.05, 3.63) is 59.7 Å². The number of nitrogens with zero attached hydrogens (tertiary/aromatic N) is 1. The van der Waals surface area contributed by atoms with E-state index in [9.17, 15) is 5.11 Å². The maximum Gasteiger partial charge on any atom is 0.111 e. The number of hydrogen-bond acceptors (Lipinski definition) is 3. The molecule has 0 spiro atoms. The quantitative estimate of drug-likeness (QED) is 0.804. The summed E-state index contributed by atoms with van der Waals surface area (Å²) >= 11 is 1.78. The summed E-state index contributed by atoms with van der Waals surface area (Å²) in [6.45, 7) is 1.60. The molecule has 2 heterocycles. The minimum Gasteiger partial charge on any atom is -0.383 e. The van der Waals surface area contributed by atoms with Crippen LogP contribution in [0.15, 0.2) is 58.3 Å². The van der Waals surface area contributed by atoms with Crippen molar-refractivity contribution in [3.8, 4) is 0 Å². The van der Waals surface area contributed by atoms with Crippen molar-refractivity contribution in [2.24, 2.45) is 0 Å². The second-order valence-electron chi connectivity index (χ2n) is 5.81. The van der Waals surface area contributed by atoms with Crippen LogP contribution in [0.1, 0.15) is 17.0 Å². The third kappa shape index (κ3) is 2.20. The molecule has 0 aromatic heterocycles. The van der Waals surface area contributed by atoms with Crippen LogP contribution >= 0.6 is 24.2 Å². The Morgan fingerprint density at radius 3 is 2.57 bits per heavy atom. The lowest BCUT2D eigenvalue weighted by Crippen LogP contribution is -2.33. The molecule has 1 saturated heterocycles. The average Bonchev–Trinajstić information content (AvgIpc) is 2.71. The highest BCUT2D eigenvalue weighted by atomic mass is 35.5. The van der Waals surface area contributed by atoms with Gasteiger partial charge in [-0.1, -0.05) is 48.2 Å². The summed E-state index contributed by atoms with van der Waals surface area (Å²) in [5.74, 6) is 0.153. The molecule has 4 heteroatoms. The normalized spacial score (nSPS) is 27.0. The van der Waals surface area contributed by atoms with E-state index < -0.39 is 5.60 Å². The molecule has 2 aliphatic heterocycles. The zero-order valence-electron chi connectivity index (χ0n) is 11.8. The van der Waals surface area contributed by atoms with E-state index in [4.69, 9.17) is 0 Å². The second kappa shape index (κ2) is 5.33. The van der Waals surface area contributed by atoms with Gasteiger partial charge in [-0.3, -0.25) is 0 Å². The number of β-amino-alcohol motifs (C(OH)–C–C–N with tert-alkyl or cyclic N) is 1. The zero-order chi connectivity index (χ0) is 13.7. The van der Waals surface area contributed by atoms with Gasteiger partial charge >= 0.3 is 0 Å². The lowest BCUT2D eigenvalue weighted by atomic mass is 9.80. The summed E-state index contributed by atoms with van der Waals surface area (Å²) in [7, 11) is 2.09. The minimum absolute atomic E-state index is 0. The van der Waals surface area contributed by atoms with Crippen molar-refractivity contribution in [1.29, 1.82) is 0 Å². The van der Waals surface area contributed by atoms with E-state index in [0.29, 0.717) is 6.54 Å². The zero-order valence-corrected chi connectivity index (χ0v) is 13.5. The van der Waals surface area contributed by atoms with Gasteiger partial charge in [0.15, 0.2) is 0 Å². The van der Waals surface area contributed by atoms with Crippen molar-refractivity contribution >= 4 is 24.2 Å². The third-order valence-electron chi connectivity index (χ3n) is 4.45. The first-order valence-corrected chi connectivity index (χ1v) is 7.77. The SMILES string of the molecule is CN1C[C@H]2c3ccccc3Sc3ccccc3[C@@]2(O)C1.Cl. The van der Waals surface area contributed by atoms with Gasteiger partial charge in [-0.2, -0.15) is 0 Å². The van der Waals surface area contributed by atoms with Crippen LogP contribution in [0.2, 0.25) is 0 Å². The van der Waals surface area contributed by atoms with Crippen LogP contribution in [0.4, 0.5) is 0 Å². The Morgan fingerprint density at radius 2 is 1.76 bits per heavy atom. The van der Waals surface area contributed by atoms with Gasteiger partial charge in [0.25, 0.3) is 0 Å². The van der Waals surface area contributed by atoms with Gasteiger partial charge in [0.05, 0.1) is 0 Å². The Labute approximate surface area is 135 Å². The number of likely N-dealkylation sites (tertiary alicyclic amines) is 1. The fraction of sp³-hybridized carbons (Fsp3) is 0.294. The number of halogens is 1. The molecule has 0 amide bonds. The van der Waals surface area contributed by atoms with Gasteiger partial charge < -0.3 is 10.0 Å². The monoisotopic (exact) mass is 319 g/mol. The van der Waals surface area contributed by atoms with Crippen molar-refractivity contribution in [2.75, 3.05) is 20.1 Å². The molecule has 110 valence electrons. The molecule has 4 rings (SSSR count). The summed E-state index contributed by atoms with van der Waals surface area (Å²) < 4.78 is 0. The number of fused-ring (bicyclic) bond motifs is 5. The van der Waals surface area contributed by atoms with Crippen LogP contribution in [-0.2, 0) is 5.60 Å². The molecule has 0 aliphatic carbocycles. The van der Waals surface area contributed by atoms with E-state index in [1.807, 2.05) is 6.07 Å². The van der Waals surface area contributed by atoms with Gasteiger partial charge in [0.2, 0.25) is 0 Å².